The first-order valence-electron chi connectivity index (χ1n) is 18.9. The Morgan fingerprint density at radius 1 is 0.685 bits per heavy atom. The standard InChI is InChI=1S/C39H76N3O11P/c1-34(2,3)26-42(30(25-49-28-43)35(4,5)6)22-20-40(27-54(48,52-38(13,14)15)53-39(16,17)18)19-21-41(24-32(46)50-36(7,8)9)29(23-31(44)45)33(47)51-37(10,11)12/h28-30H,19-27H2,1-18H3,(H,44,45). The van der Waals surface area contributed by atoms with Crippen LogP contribution in [0.3, 0.4) is 0 Å². The number of hydrogen-bond acceptors (Lipinski definition) is 13. The first kappa shape index (κ1) is 51.9. The minimum atomic E-state index is -3.86. The number of rotatable bonds is 21. The van der Waals surface area contributed by atoms with Crippen LogP contribution in [0.25, 0.3) is 0 Å². The van der Waals surface area contributed by atoms with Gasteiger partial charge >= 0.3 is 25.5 Å². The number of nitrogens with zero attached hydrogens (tertiary/aromatic N) is 3. The molecule has 0 spiro atoms. The van der Waals surface area contributed by atoms with E-state index in [-0.39, 0.29) is 42.9 Å². The van der Waals surface area contributed by atoms with Crippen LogP contribution in [0.15, 0.2) is 0 Å². The predicted molar refractivity (Wildman–Crippen MR) is 211 cm³/mol. The van der Waals surface area contributed by atoms with Crippen molar-refractivity contribution >= 4 is 32.0 Å². The molecular formula is C39H76N3O11P. The molecule has 0 amide bonds. The highest BCUT2D eigenvalue weighted by molar-refractivity contribution is 7.53. The summed E-state index contributed by atoms with van der Waals surface area (Å²) in [6.45, 7) is 35.3. The quantitative estimate of drug-likeness (QED) is 0.0557. The van der Waals surface area contributed by atoms with Crippen molar-refractivity contribution in [1.29, 1.82) is 0 Å². The predicted octanol–water partition coefficient (Wildman–Crippen LogP) is 6.83. The minimum Gasteiger partial charge on any atom is -0.481 e. The lowest BCUT2D eigenvalue weighted by atomic mass is 9.84. The summed E-state index contributed by atoms with van der Waals surface area (Å²) in [5.41, 5.74) is -3.86. The van der Waals surface area contributed by atoms with Gasteiger partial charge in [-0.15, -0.1) is 0 Å². The first-order chi connectivity index (χ1) is 23.9. The van der Waals surface area contributed by atoms with Crippen LogP contribution in [0.4, 0.5) is 0 Å². The highest BCUT2D eigenvalue weighted by atomic mass is 31.2. The molecule has 0 saturated heterocycles. The lowest BCUT2D eigenvalue weighted by Crippen LogP contribution is -2.53. The fourth-order valence-electron chi connectivity index (χ4n) is 5.72. The maximum Gasteiger partial charge on any atom is 0.345 e. The molecule has 1 N–H and O–H groups in total. The summed E-state index contributed by atoms with van der Waals surface area (Å²) in [4.78, 5) is 55.9. The van der Waals surface area contributed by atoms with Crippen molar-refractivity contribution in [2.45, 2.75) is 166 Å². The van der Waals surface area contributed by atoms with E-state index in [4.69, 9.17) is 23.3 Å². The Morgan fingerprint density at radius 3 is 1.52 bits per heavy atom. The molecule has 0 aliphatic carbocycles. The van der Waals surface area contributed by atoms with E-state index < -0.39 is 66.9 Å². The van der Waals surface area contributed by atoms with Crippen LogP contribution in [0, 0.1) is 10.8 Å². The van der Waals surface area contributed by atoms with Crippen molar-refractivity contribution in [2.75, 3.05) is 52.2 Å². The molecule has 54 heavy (non-hydrogen) atoms. The van der Waals surface area contributed by atoms with Crippen molar-refractivity contribution in [3.63, 3.8) is 0 Å². The van der Waals surface area contributed by atoms with Crippen LogP contribution < -0.4 is 0 Å². The lowest BCUT2D eigenvalue weighted by molar-refractivity contribution is -0.167. The number of carboxylic acids is 1. The molecule has 318 valence electrons. The maximum absolute atomic E-state index is 14.7. The smallest absolute Gasteiger partial charge is 0.345 e. The SMILES string of the molecule is CC(C)(C)CN(CCN(CCN(CC(=O)OC(C)(C)C)C(CC(=O)O)C(=O)OC(C)(C)C)CP(=O)(OC(C)(C)C)OC(C)(C)C)C(COC=O)C(C)(C)C. The number of carboxylic acid groups (broad SMARTS) is 1. The van der Waals surface area contributed by atoms with Crippen molar-refractivity contribution in [3.8, 4) is 0 Å². The van der Waals surface area contributed by atoms with Gasteiger partial charge in [0.25, 0.3) is 6.47 Å². The number of hydrogen-bond donors (Lipinski definition) is 1. The van der Waals surface area contributed by atoms with Gasteiger partial charge < -0.3 is 28.4 Å². The van der Waals surface area contributed by atoms with Crippen molar-refractivity contribution < 1.29 is 52.1 Å². The van der Waals surface area contributed by atoms with Crippen molar-refractivity contribution in [1.82, 2.24) is 14.7 Å². The van der Waals surface area contributed by atoms with E-state index in [9.17, 15) is 28.8 Å². The third-order valence-corrected chi connectivity index (χ3v) is 9.68. The van der Waals surface area contributed by atoms with Crippen LogP contribution in [0.2, 0.25) is 0 Å². The maximum atomic E-state index is 14.7. The van der Waals surface area contributed by atoms with Gasteiger partial charge in [-0.3, -0.25) is 38.4 Å². The normalized spacial score (nSPS) is 15.0. The number of esters is 2. The summed E-state index contributed by atoms with van der Waals surface area (Å²) in [7, 11) is -3.86. The summed E-state index contributed by atoms with van der Waals surface area (Å²) in [5, 5.41) is 9.90. The average molecular weight is 794 g/mol. The Balaban J connectivity index is 7.25. The molecule has 0 radical (unpaired) electrons. The van der Waals surface area contributed by atoms with Crippen molar-refractivity contribution in [2.24, 2.45) is 10.8 Å². The van der Waals surface area contributed by atoms with Gasteiger partial charge in [-0.25, -0.2) is 0 Å². The van der Waals surface area contributed by atoms with Gasteiger partial charge in [-0.1, -0.05) is 41.5 Å². The number of ether oxygens (including phenoxy) is 3. The Hall–Kier alpha value is -2.09. The fraction of sp³-hybridized carbons (Fsp3) is 0.897. The zero-order valence-electron chi connectivity index (χ0n) is 36.9. The number of carbonyl (C=O) groups is 4. The van der Waals surface area contributed by atoms with E-state index in [0.717, 1.165) is 0 Å². The third kappa shape index (κ3) is 24.4. The average Bonchev–Trinajstić information content (AvgIpc) is 2.86. The van der Waals surface area contributed by atoms with Gasteiger partial charge in [0.2, 0.25) is 0 Å². The summed E-state index contributed by atoms with van der Waals surface area (Å²) >= 11 is 0. The van der Waals surface area contributed by atoms with Gasteiger partial charge in [0.1, 0.15) is 30.1 Å². The largest absolute Gasteiger partial charge is 0.481 e. The van der Waals surface area contributed by atoms with E-state index in [0.29, 0.717) is 26.1 Å². The van der Waals surface area contributed by atoms with Gasteiger partial charge in [-0.2, -0.15) is 0 Å². The molecule has 2 unspecified atom stereocenters. The molecule has 15 heteroatoms. The van der Waals surface area contributed by atoms with E-state index in [1.165, 1.54) is 4.90 Å². The monoisotopic (exact) mass is 794 g/mol. The van der Waals surface area contributed by atoms with Gasteiger partial charge in [0.05, 0.1) is 24.2 Å². The summed E-state index contributed by atoms with van der Waals surface area (Å²) < 4.78 is 43.6. The molecule has 14 nitrogen and oxygen atoms in total. The van der Waals surface area contributed by atoms with E-state index in [1.807, 2.05) is 4.90 Å². The Labute approximate surface area is 326 Å². The van der Waals surface area contributed by atoms with Crippen LogP contribution in [0.5, 0.6) is 0 Å². The molecular weight excluding hydrogens is 717 g/mol. The topological polar surface area (TPSA) is 161 Å². The molecule has 0 aromatic carbocycles. The number of aliphatic carboxylic acids is 1. The molecule has 0 fully saturated rings. The highest BCUT2D eigenvalue weighted by Crippen LogP contribution is 2.54. The summed E-state index contributed by atoms with van der Waals surface area (Å²) in [5.74, 6) is -2.69. The molecule has 0 bridgehead atoms. The van der Waals surface area contributed by atoms with Crippen LogP contribution in [-0.4, -0.2) is 131 Å². The minimum absolute atomic E-state index is 0.00229. The highest BCUT2D eigenvalue weighted by Gasteiger charge is 2.40. The fourth-order valence-corrected chi connectivity index (χ4v) is 8.31. The summed E-state index contributed by atoms with van der Waals surface area (Å²) in [6, 6.07) is -1.51. The van der Waals surface area contributed by atoms with E-state index in [2.05, 4.69) is 46.4 Å². The van der Waals surface area contributed by atoms with Gasteiger partial charge in [0, 0.05) is 38.8 Å². The second-order valence-corrected chi connectivity index (χ2v) is 22.2. The lowest BCUT2D eigenvalue weighted by Gasteiger charge is -2.43. The Kier molecular flexibility index (Phi) is 19.6. The van der Waals surface area contributed by atoms with E-state index >= 15 is 0 Å². The van der Waals surface area contributed by atoms with Gasteiger partial charge in [-0.05, 0) is 93.9 Å². The van der Waals surface area contributed by atoms with E-state index in [1.54, 1.807) is 83.1 Å². The van der Waals surface area contributed by atoms with Crippen LogP contribution in [-0.2, 0) is 47.0 Å². The molecule has 0 aliphatic rings. The van der Waals surface area contributed by atoms with Crippen LogP contribution >= 0.6 is 7.60 Å². The molecule has 0 rings (SSSR count). The third-order valence-electron chi connectivity index (χ3n) is 7.29. The second kappa shape index (κ2) is 20.4. The van der Waals surface area contributed by atoms with Crippen molar-refractivity contribution in [3.05, 3.63) is 0 Å². The molecule has 0 heterocycles. The second-order valence-electron chi connectivity index (χ2n) is 20.3. The van der Waals surface area contributed by atoms with Gasteiger partial charge in [0.15, 0.2) is 0 Å². The zero-order valence-corrected chi connectivity index (χ0v) is 37.8. The zero-order chi connectivity index (χ0) is 42.7. The molecule has 0 saturated carbocycles. The van der Waals surface area contributed by atoms with Crippen LogP contribution in [0.1, 0.15) is 131 Å². The molecule has 0 aliphatic heterocycles. The molecule has 0 aromatic rings. The first-order valence-corrected chi connectivity index (χ1v) is 20.6. The Bertz CT molecular complexity index is 1230. The Morgan fingerprint density at radius 2 is 1.15 bits per heavy atom. The molecule has 2 atom stereocenters. The molecule has 0 aromatic heterocycles. The number of carbonyl (C=O) groups excluding carboxylic acids is 3. The summed E-state index contributed by atoms with van der Waals surface area (Å²) in [6.07, 6.45) is -0.772.